The van der Waals surface area contributed by atoms with Crippen LogP contribution >= 0.6 is 0 Å². The van der Waals surface area contributed by atoms with Gasteiger partial charge in [0.05, 0.1) is 30.7 Å². The number of nitrogens with one attached hydrogen (secondary N) is 2. The van der Waals surface area contributed by atoms with E-state index in [0.717, 1.165) is 5.69 Å². The van der Waals surface area contributed by atoms with Crippen molar-refractivity contribution in [3.8, 4) is 5.75 Å². The summed E-state index contributed by atoms with van der Waals surface area (Å²) in [5, 5.41) is 5.95. The summed E-state index contributed by atoms with van der Waals surface area (Å²) in [7, 11) is 1.58. The summed E-state index contributed by atoms with van der Waals surface area (Å²) in [6.07, 6.45) is 0. The maximum atomic E-state index is 12.9. The monoisotopic (exact) mass is 339 g/mol. The van der Waals surface area contributed by atoms with Crippen molar-refractivity contribution in [2.45, 2.75) is 19.4 Å². The number of fused-ring (bicyclic) bond motifs is 1. The molecule has 6 heteroatoms. The van der Waals surface area contributed by atoms with E-state index in [1.54, 1.807) is 31.9 Å². The van der Waals surface area contributed by atoms with Crippen molar-refractivity contribution in [3.63, 3.8) is 0 Å². The lowest BCUT2D eigenvalue weighted by Crippen LogP contribution is -2.59. The smallest absolute Gasteiger partial charge is 0.250 e. The van der Waals surface area contributed by atoms with Gasteiger partial charge >= 0.3 is 0 Å². The molecule has 0 unspecified atom stereocenters. The molecule has 6 nitrogen and oxygen atoms in total. The molecule has 1 aliphatic rings. The summed E-state index contributed by atoms with van der Waals surface area (Å²) < 4.78 is 5.29. The van der Waals surface area contributed by atoms with Crippen molar-refractivity contribution in [3.05, 3.63) is 48.5 Å². The zero-order valence-corrected chi connectivity index (χ0v) is 14.5. The van der Waals surface area contributed by atoms with Crippen molar-refractivity contribution in [1.82, 2.24) is 0 Å². The predicted molar refractivity (Wildman–Crippen MR) is 98.1 cm³/mol. The van der Waals surface area contributed by atoms with Gasteiger partial charge in [0.25, 0.3) is 0 Å². The molecule has 0 saturated carbocycles. The van der Waals surface area contributed by atoms with Crippen molar-refractivity contribution in [2.24, 2.45) is 0 Å². The summed E-state index contributed by atoms with van der Waals surface area (Å²) in [5.41, 5.74) is 1.08. The highest BCUT2D eigenvalue weighted by Crippen LogP contribution is 2.36. The van der Waals surface area contributed by atoms with Gasteiger partial charge in [0.15, 0.2) is 0 Å². The Balaban J connectivity index is 1.86. The third-order valence-corrected chi connectivity index (χ3v) is 4.29. The van der Waals surface area contributed by atoms with Gasteiger partial charge < -0.3 is 15.4 Å². The molecule has 2 aromatic rings. The Morgan fingerprint density at radius 2 is 1.84 bits per heavy atom. The van der Waals surface area contributed by atoms with Crippen LogP contribution in [0.25, 0.3) is 0 Å². The number of amides is 2. The number of ether oxygens (including phenoxy) is 1. The fraction of sp³-hybridized carbons (Fsp3) is 0.263. The molecule has 0 bridgehead atoms. The summed E-state index contributed by atoms with van der Waals surface area (Å²) in [6, 6.07) is 14.7. The van der Waals surface area contributed by atoms with Crippen LogP contribution in [-0.2, 0) is 9.59 Å². The fourth-order valence-electron chi connectivity index (χ4n) is 2.94. The highest BCUT2D eigenvalue weighted by Gasteiger charge is 2.43. The lowest BCUT2D eigenvalue weighted by Gasteiger charge is -2.42. The maximum absolute atomic E-state index is 12.9. The van der Waals surface area contributed by atoms with E-state index in [4.69, 9.17) is 4.74 Å². The molecule has 0 spiro atoms. The minimum atomic E-state index is -0.978. The number of nitrogens with zero attached hydrogens (tertiary/aromatic N) is 1. The fourth-order valence-corrected chi connectivity index (χ4v) is 2.94. The number of hydrogen-bond acceptors (Lipinski definition) is 4. The van der Waals surface area contributed by atoms with Gasteiger partial charge in [-0.25, -0.2) is 0 Å². The van der Waals surface area contributed by atoms with Crippen LogP contribution in [0.5, 0.6) is 5.75 Å². The van der Waals surface area contributed by atoms with E-state index in [2.05, 4.69) is 10.6 Å². The van der Waals surface area contributed by atoms with Gasteiger partial charge in [-0.3, -0.25) is 14.5 Å². The minimum absolute atomic E-state index is 0.0470. The lowest BCUT2D eigenvalue weighted by atomic mass is 9.96. The van der Waals surface area contributed by atoms with Crippen LogP contribution in [0, 0.1) is 0 Å². The summed E-state index contributed by atoms with van der Waals surface area (Å²) in [6.45, 7) is 3.52. The number of carbonyl (C=O) groups excluding carboxylic acids is 2. The molecule has 25 heavy (non-hydrogen) atoms. The van der Waals surface area contributed by atoms with Crippen molar-refractivity contribution in [2.75, 3.05) is 29.2 Å². The van der Waals surface area contributed by atoms with Gasteiger partial charge in [-0.1, -0.05) is 24.3 Å². The number of rotatable bonds is 4. The SMILES string of the molecule is COc1ccccc1NCC(=O)N1c2ccccc2NC(=O)C1(C)C. The Morgan fingerprint density at radius 3 is 2.60 bits per heavy atom. The maximum Gasteiger partial charge on any atom is 0.250 e. The van der Waals surface area contributed by atoms with Crippen LogP contribution in [0.2, 0.25) is 0 Å². The molecule has 1 aliphatic heterocycles. The first-order valence-electron chi connectivity index (χ1n) is 8.05. The zero-order valence-electron chi connectivity index (χ0n) is 14.5. The first kappa shape index (κ1) is 16.8. The van der Waals surface area contributed by atoms with E-state index < -0.39 is 5.54 Å². The van der Waals surface area contributed by atoms with E-state index in [1.165, 1.54) is 0 Å². The molecule has 0 saturated heterocycles. The molecule has 0 aromatic heterocycles. The van der Waals surface area contributed by atoms with Crippen molar-refractivity contribution < 1.29 is 14.3 Å². The molecule has 0 atom stereocenters. The highest BCUT2D eigenvalue weighted by atomic mass is 16.5. The molecule has 3 rings (SSSR count). The Hall–Kier alpha value is -3.02. The number of para-hydroxylation sites is 4. The molecule has 2 amide bonds. The average molecular weight is 339 g/mol. The van der Waals surface area contributed by atoms with Crippen LogP contribution in [0.4, 0.5) is 17.1 Å². The van der Waals surface area contributed by atoms with Crippen molar-refractivity contribution in [1.29, 1.82) is 0 Å². The van der Waals surface area contributed by atoms with E-state index >= 15 is 0 Å². The van der Waals surface area contributed by atoms with Crippen LogP contribution in [0.1, 0.15) is 13.8 Å². The molecule has 130 valence electrons. The molecule has 2 N–H and O–H groups in total. The number of methoxy groups -OCH3 is 1. The highest BCUT2D eigenvalue weighted by molar-refractivity contribution is 6.14. The van der Waals surface area contributed by atoms with Gasteiger partial charge in [-0.15, -0.1) is 0 Å². The Kier molecular flexibility index (Phi) is 4.35. The normalized spacial score (nSPS) is 15.2. The average Bonchev–Trinajstić information content (AvgIpc) is 2.60. The largest absolute Gasteiger partial charge is 0.495 e. The van der Waals surface area contributed by atoms with Crippen LogP contribution < -0.4 is 20.3 Å². The Bertz CT molecular complexity index is 817. The number of carbonyl (C=O) groups is 2. The van der Waals surface area contributed by atoms with Gasteiger partial charge in [-0.05, 0) is 38.1 Å². The van der Waals surface area contributed by atoms with E-state index in [9.17, 15) is 9.59 Å². The molecule has 2 aromatic carbocycles. The summed E-state index contributed by atoms with van der Waals surface area (Å²) >= 11 is 0. The van der Waals surface area contributed by atoms with Crippen LogP contribution in [-0.4, -0.2) is 31.0 Å². The third-order valence-electron chi connectivity index (χ3n) is 4.29. The minimum Gasteiger partial charge on any atom is -0.495 e. The first-order chi connectivity index (χ1) is 11.9. The molecule has 1 heterocycles. The standard InChI is InChI=1S/C19H21N3O3/c1-19(2)18(24)21-13-8-4-6-10-15(13)22(19)17(23)12-20-14-9-5-7-11-16(14)25-3/h4-11,20H,12H2,1-3H3,(H,21,24). The lowest BCUT2D eigenvalue weighted by molar-refractivity contribution is -0.125. The van der Waals surface area contributed by atoms with E-state index in [-0.39, 0.29) is 18.4 Å². The van der Waals surface area contributed by atoms with E-state index in [1.807, 2.05) is 42.5 Å². The van der Waals surface area contributed by atoms with Crippen LogP contribution in [0.15, 0.2) is 48.5 Å². The quantitative estimate of drug-likeness (QED) is 0.898. The van der Waals surface area contributed by atoms with Gasteiger partial charge in [0.1, 0.15) is 11.3 Å². The number of benzene rings is 2. The molecule has 0 radical (unpaired) electrons. The summed E-state index contributed by atoms with van der Waals surface area (Å²) in [4.78, 5) is 26.9. The van der Waals surface area contributed by atoms with Gasteiger partial charge in [0.2, 0.25) is 11.8 Å². The zero-order chi connectivity index (χ0) is 18.0. The molecular weight excluding hydrogens is 318 g/mol. The second-order valence-corrected chi connectivity index (χ2v) is 6.31. The number of hydrogen-bond donors (Lipinski definition) is 2. The van der Waals surface area contributed by atoms with Crippen LogP contribution in [0.3, 0.4) is 0 Å². The Morgan fingerprint density at radius 1 is 1.16 bits per heavy atom. The molecular formula is C19H21N3O3. The summed E-state index contributed by atoms with van der Waals surface area (Å²) in [5.74, 6) is 0.251. The number of anilines is 3. The third kappa shape index (κ3) is 3.03. The van der Waals surface area contributed by atoms with Crippen molar-refractivity contribution >= 4 is 28.9 Å². The predicted octanol–water partition coefficient (Wildman–Crippen LogP) is 2.87. The van der Waals surface area contributed by atoms with Gasteiger partial charge in [0, 0.05) is 0 Å². The molecule has 0 aliphatic carbocycles. The second-order valence-electron chi connectivity index (χ2n) is 6.31. The topological polar surface area (TPSA) is 70.7 Å². The second kappa shape index (κ2) is 6.47. The first-order valence-corrected chi connectivity index (χ1v) is 8.05. The van der Waals surface area contributed by atoms with Gasteiger partial charge in [-0.2, -0.15) is 0 Å². The molecule has 0 fully saturated rings. The van der Waals surface area contributed by atoms with E-state index in [0.29, 0.717) is 17.1 Å². The Labute approximate surface area is 146 Å².